The first-order chi connectivity index (χ1) is 7.29. The number of carboxylic acids is 1. The summed E-state index contributed by atoms with van der Waals surface area (Å²) in [6.07, 6.45) is 13.9. The van der Waals surface area contributed by atoms with Crippen LogP contribution in [0, 0.1) is 0 Å². The van der Waals surface area contributed by atoms with Crippen LogP contribution >= 0.6 is 12.4 Å². The van der Waals surface area contributed by atoms with Gasteiger partial charge in [-0.25, -0.2) is 9.78 Å². The van der Waals surface area contributed by atoms with Crippen molar-refractivity contribution in [3.05, 3.63) is 43.0 Å². The Labute approximate surface area is 101 Å². The second-order valence-electron chi connectivity index (χ2n) is 3.05. The van der Waals surface area contributed by atoms with Crippen molar-refractivity contribution >= 4 is 18.4 Å². The van der Waals surface area contributed by atoms with Gasteiger partial charge in [0.1, 0.15) is 0 Å². The van der Waals surface area contributed by atoms with Crippen LogP contribution in [0.1, 0.15) is 12.8 Å². The van der Waals surface area contributed by atoms with Crippen molar-refractivity contribution in [1.82, 2.24) is 9.55 Å². The van der Waals surface area contributed by atoms with E-state index in [4.69, 9.17) is 5.11 Å². The van der Waals surface area contributed by atoms with E-state index in [-0.39, 0.29) is 12.4 Å². The van der Waals surface area contributed by atoms with Gasteiger partial charge in [0.05, 0.1) is 6.33 Å². The van der Waals surface area contributed by atoms with E-state index in [1.54, 1.807) is 18.6 Å². The fourth-order valence-electron chi connectivity index (χ4n) is 1.09. The van der Waals surface area contributed by atoms with Crippen molar-refractivity contribution in [2.75, 3.05) is 0 Å². The molecule has 0 saturated carbocycles. The van der Waals surface area contributed by atoms with Crippen molar-refractivity contribution in [2.45, 2.75) is 19.4 Å². The first-order valence-electron chi connectivity index (χ1n) is 4.79. The van der Waals surface area contributed by atoms with Gasteiger partial charge in [-0.1, -0.05) is 18.2 Å². The molecule has 0 atom stereocenters. The highest BCUT2D eigenvalue weighted by molar-refractivity contribution is 5.85. The van der Waals surface area contributed by atoms with Gasteiger partial charge in [0, 0.05) is 25.0 Å². The van der Waals surface area contributed by atoms with E-state index in [9.17, 15) is 4.79 Å². The van der Waals surface area contributed by atoms with E-state index in [1.165, 1.54) is 6.08 Å². The molecule has 5 heteroatoms. The lowest BCUT2D eigenvalue weighted by molar-refractivity contribution is -0.131. The Morgan fingerprint density at radius 2 is 2.06 bits per heavy atom. The zero-order valence-electron chi connectivity index (χ0n) is 8.82. The molecular weight excluding hydrogens is 228 g/mol. The highest BCUT2D eigenvalue weighted by atomic mass is 35.5. The van der Waals surface area contributed by atoms with Gasteiger partial charge in [-0.2, -0.15) is 0 Å². The smallest absolute Gasteiger partial charge is 0.327 e. The Bertz CT molecular complexity index is 345. The molecule has 0 aliphatic rings. The summed E-state index contributed by atoms with van der Waals surface area (Å²) >= 11 is 0. The molecule has 1 aromatic heterocycles. The van der Waals surface area contributed by atoms with Crippen molar-refractivity contribution in [1.29, 1.82) is 0 Å². The summed E-state index contributed by atoms with van der Waals surface area (Å²) < 4.78 is 1.96. The molecule has 1 heterocycles. The molecule has 0 saturated heterocycles. The molecule has 16 heavy (non-hydrogen) atoms. The Morgan fingerprint density at radius 1 is 1.31 bits per heavy atom. The molecular formula is C11H15ClN2O2. The third kappa shape index (κ3) is 6.84. The SMILES string of the molecule is Cl.O=C(O)/C=C/CC/C=C\Cn1ccnc1. The summed E-state index contributed by atoms with van der Waals surface area (Å²) in [6, 6.07) is 0. The Kier molecular flexibility index (Phi) is 7.89. The first-order valence-corrected chi connectivity index (χ1v) is 4.79. The molecule has 1 aromatic rings. The van der Waals surface area contributed by atoms with Gasteiger partial charge in [0.2, 0.25) is 0 Å². The van der Waals surface area contributed by atoms with Gasteiger partial charge in [-0.3, -0.25) is 0 Å². The summed E-state index contributed by atoms with van der Waals surface area (Å²) in [5.41, 5.74) is 0. The topological polar surface area (TPSA) is 55.1 Å². The lowest BCUT2D eigenvalue weighted by Gasteiger charge is -1.93. The lowest BCUT2D eigenvalue weighted by atomic mass is 10.2. The molecule has 0 amide bonds. The highest BCUT2D eigenvalue weighted by Crippen LogP contribution is 1.94. The van der Waals surface area contributed by atoms with E-state index in [0.29, 0.717) is 0 Å². The van der Waals surface area contributed by atoms with Crippen LogP contribution in [-0.4, -0.2) is 20.6 Å². The number of carboxylic acid groups (broad SMARTS) is 1. The monoisotopic (exact) mass is 242 g/mol. The first kappa shape index (κ1) is 14.5. The second kappa shape index (κ2) is 8.73. The molecule has 0 bridgehead atoms. The van der Waals surface area contributed by atoms with Gasteiger partial charge < -0.3 is 9.67 Å². The summed E-state index contributed by atoms with van der Waals surface area (Å²) in [4.78, 5) is 14.1. The molecule has 4 nitrogen and oxygen atoms in total. The van der Waals surface area contributed by atoms with Crippen molar-refractivity contribution in [3.8, 4) is 0 Å². The number of rotatable bonds is 6. The number of unbranched alkanes of at least 4 members (excludes halogenated alkanes) is 1. The summed E-state index contributed by atoms with van der Waals surface area (Å²) in [5.74, 6) is -0.891. The van der Waals surface area contributed by atoms with Crippen LogP contribution in [-0.2, 0) is 11.3 Å². The second-order valence-corrected chi connectivity index (χ2v) is 3.05. The van der Waals surface area contributed by atoms with Gasteiger partial charge in [-0.15, -0.1) is 12.4 Å². The summed E-state index contributed by atoms with van der Waals surface area (Å²) in [5, 5.41) is 8.33. The Hall–Kier alpha value is -1.55. The predicted molar refractivity (Wildman–Crippen MR) is 64.6 cm³/mol. The van der Waals surface area contributed by atoms with E-state index in [1.807, 2.05) is 22.9 Å². The van der Waals surface area contributed by atoms with Crippen LogP contribution in [0.15, 0.2) is 43.0 Å². The number of aromatic nitrogens is 2. The number of aliphatic carboxylic acids is 1. The molecule has 0 spiro atoms. The minimum Gasteiger partial charge on any atom is -0.478 e. The molecule has 0 radical (unpaired) electrons. The van der Waals surface area contributed by atoms with E-state index < -0.39 is 5.97 Å². The average Bonchev–Trinajstić information content (AvgIpc) is 2.68. The molecule has 0 aromatic carbocycles. The van der Waals surface area contributed by atoms with Crippen LogP contribution in [0.3, 0.4) is 0 Å². The molecule has 88 valence electrons. The lowest BCUT2D eigenvalue weighted by Crippen LogP contribution is -1.89. The quantitative estimate of drug-likeness (QED) is 0.473. The largest absolute Gasteiger partial charge is 0.478 e. The molecule has 0 unspecified atom stereocenters. The highest BCUT2D eigenvalue weighted by Gasteiger charge is 1.85. The molecule has 1 rings (SSSR count). The maximum Gasteiger partial charge on any atom is 0.327 e. The van der Waals surface area contributed by atoms with Crippen molar-refractivity contribution < 1.29 is 9.90 Å². The fraction of sp³-hybridized carbons (Fsp3) is 0.273. The van der Waals surface area contributed by atoms with E-state index in [2.05, 4.69) is 4.98 Å². The maximum absolute atomic E-state index is 10.1. The van der Waals surface area contributed by atoms with E-state index >= 15 is 0 Å². The Balaban J connectivity index is 0.00000225. The average molecular weight is 243 g/mol. The molecule has 0 fully saturated rings. The van der Waals surface area contributed by atoms with Crippen molar-refractivity contribution in [2.24, 2.45) is 0 Å². The number of carbonyl (C=O) groups is 1. The normalized spacial score (nSPS) is 10.8. The number of nitrogens with zero attached hydrogens (tertiary/aromatic N) is 2. The van der Waals surface area contributed by atoms with Crippen LogP contribution in [0.2, 0.25) is 0 Å². The predicted octanol–water partition coefficient (Wildman–Crippen LogP) is 2.28. The third-order valence-corrected chi connectivity index (χ3v) is 1.80. The maximum atomic E-state index is 10.1. The minimum atomic E-state index is -0.891. The van der Waals surface area contributed by atoms with Gasteiger partial charge >= 0.3 is 5.97 Å². The third-order valence-electron chi connectivity index (χ3n) is 1.80. The minimum absolute atomic E-state index is 0. The van der Waals surface area contributed by atoms with Crippen molar-refractivity contribution in [3.63, 3.8) is 0 Å². The zero-order valence-corrected chi connectivity index (χ0v) is 9.64. The molecule has 1 N–H and O–H groups in total. The van der Waals surface area contributed by atoms with Gasteiger partial charge in [0.25, 0.3) is 0 Å². The van der Waals surface area contributed by atoms with Gasteiger partial charge in [-0.05, 0) is 12.8 Å². The van der Waals surface area contributed by atoms with Crippen LogP contribution in [0.5, 0.6) is 0 Å². The van der Waals surface area contributed by atoms with E-state index in [0.717, 1.165) is 19.4 Å². The van der Waals surface area contributed by atoms with Crippen LogP contribution in [0.25, 0.3) is 0 Å². The zero-order chi connectivity index (χ0) is 10.9. The summed E-state index contributed by atoms with van der Waals surface area (Å²) in [6.45, 7) is 0.808. The fourth-order valence-corrected chi connectivity index (χ4v) is 1.09. The number of allylic oxidation sites excluding steroid dienone is 3. The Morgan fingerprint density at radius 3 is 2.69 bits per heavy atom. The summed E-state index contributed by atoms with van der Waals surface area (Å²) in [7, 11) is 0. The van der Waals surface area contributed by atoms with Gasteiger partial charge in [0.15, 0.2) is 0 Å². The van der Waals surface area contributed by atoms with Crippen LogP contribution < -0.4 is 0 Å². The number of imidazole rings is 1. The molecule has 0 aliphatic heterocycles. The number of halogens is 1. The number of hydrogen-bond donors (Lipinski definition) is 1. The standard InChI is InChI=1S/C11H14N2O2.ClH/c14-11(15)6-4-2-1-3-5-8-13-9-7-12-10-13;/h3-7,9-10H,1-2,8H2,(H,14,15);1H/b5-3-,6-4+;. The van der Waals surface area contributed by atoms with Crippen LogP contribution in [0.4, 0.5) is 0 Å². The number of hydrogen-bond acceptors (Lipinski definition) is 2. The molecule has 0 aliphatic carbocycles.